The Hall–Kier alpha value is -1.76. The number of aromatic nitrogens is 2. The van der Waals surface area contributed by atoms with E-state index in [2.05, 4.69) is 26.6 Å². The van der Waals surface area contributed by atoms with Crippen LogP contribution in [0.2, 0.25) is 5.02 Å². The zero-order valence-corrected chi connectivity index (χ0v) is 17.1. The summed E-state index contributed by atoms with van der Waals surface area (Å²) in [4.78, 5) is 8.67. The van der Waals surface area contributed by atoms with Gasteiger partial charge in [0.05, 0.1) is 32.6 Å². The lowest BCUT2D eigenvalue weighted by molar-refractivity contribution is 0.601. The van der Waals surface area contributed by atoms with E-state index < -0.39 is 11.0 Å². The molecule has 0 fully saturated rings. The fourth-order valence-corrected chi connectivity index (χ4v) is 3.20. The summed E-state index contributed by atoms with van der Waals surface area (Å²) in [5.41, 5.74) is 2.61. The van der Waals surface area contributed by atoms with Crippen molar-refractivity contribution in [3.8, 4) is 0 Å². The number of aryl methyl sites for hydroxylation is 1. The van der Waals surface area contributed by atoms with Gasteiger partial charge in [0.25, 0.3) is 0 Å². The predicted molar refractivity (Wildman–Crippen MR) is 110 cm³/mol. The van der Waals surface area contributed by atoms with Crippen LogP contribution in [-0.2, 0) is 11.0 Å². The highest BCUT2D eigenvalue weighted by Crippen LogP contribution is 2.28. The van der Waals surface area contributed by atoms with Gasteiger partial charge in [0.2, 0.25) is 0 Å². The molecule has 2 rings (SSSR count). The minimum absolute atomic E-state index is 0.173. The first-order valence-electron chi connectivity index (χ1n) is 8.34. The van der Waals surface area contributed by atoms with E-state index in [0.29, 0.717) is 17.3 Å². The van der Waals surface area contributed by atoms with Gasteiger partial charge in [-0.3, -0.25) is 4.98 Å². The first-order chi connectivity index (χ1) is 12.2. The van der Waals surface area contributed by atoms with Gasteiger partial charge in [0, 0.05) is 17.9 Å². The molecule has 0 aliphatic carbocycles. The van der Waals surface area contributed by atoms with Gasteiger partial charge < -0.3 is 5.32 Å². The highest BCUT2D eigenvalue weighted by Gasteiger charge is 2.23. The maximum atomic E-state index is 12.4. The lowest BCUT2D eigenvalue weighted by atomic mass is 10.1. The number of nitrogens with zero attached hydrogens (tertiary/aromatic N) is 2. The molecule has 7 heteroatoms. The third kappa shape index (κ3) is 5.62. The van der Waals surface area contributed by atoms with Gasteiger partial charge >= 0.3 is 0 Å². The molecule has 5 nitrogen and oxygen atoms in total. The molecule has 140 valence electrons. The lowest BCUT2D eigenvalue weighted by Crippen LogP contribution is -2.35. The van der Waals surface area contributed by atoms with E-state index in [1.165, 1.54) is 0 Å². The van der Waals surface area contributed by atoms with Crippen molar-refractivity contribution in [1.29, 1.82) is 0 Å². The Bertz CT molecular complexity index is 787. The zero-order valence-electron chi connectivity index (χ0n) is 15.5. The van der Waals surface area contributed by atoms with Crippen molar-refractivity contribution in [2.75, 3.05) is 5.32 Å². The molecule has 2 aromatic rings. The average molecular weight is 393 g/mol. The Kier molecular flexibility index (Phi) is 6.92. The van der Waals surface area contributed by atoms with Crippen LogP contribution in [0.1, 0.15) is 44.5 Å². The van der Waals surface area contributed by atoms with Crippen molar-refractivity contribution < 1.29 is 4.21 Å². The van der Waals surface area contributed by atoms with Gasteiger partial charge in [-0.2, -0.15) is 0 Å². The van der Waals surface area contributed by atoms with E-state index in [4.69, 9.17) is 11.6 Å². The van der Waals surface area contributed by atoms with E-state index in [1.54, 1.807) is 18.5 Å². The smallest absolute Gasteiger partial charge is 0.149 e. The minimum Gasteiger partial charge on any atom is -0.338 e. The molecule has 2 atom stereocenters. The summed E-state index contributed by atoms with van der Waals surface area (Å²) >= 11 is 6.41. The summed E-state index contributed by atoms with van der Waals surface area (Å²) in [5.74, 6) is 0.551. The number of anilines is 2. The van der Waals surface area contributed by atoms with Crippen molar-refractivity contribution in [2.24, 2.45) is 0 Å². The Morgan fingerprint density at radius 2 is 2.04 bits per heavy atom. The summed E-state index contributed by atoms with van der Waals surface area (Å²) in [6.45, 7) is 11.5. The summed E-state index contributed by atoms with van der Waals surface area (Å²) in [7, 11) is -1.21. The molecule has 0 spiro atoms. The normalized spacial score (nSPS) is 13.9. The maximum absolute atomic E-state index is 12.4. The second kappa shape index (κ2) is 8.75. The van der Waals surface area contributed by atoms with E-state index in [0.717, 1.165) is 16.9 Å². The number of hydrogen-bond acceptors (Lipinski definition) is 4. The van der Waals surface area contributed by atoms with Crippen LogP contribution >= 0.6 is 11.6 Å². The molecule has 26 heavy (non-hydrogen) atoms. The average Bonchev–Trinajstić information content (AvgIpc) is 2.57. The molecular weight excluding hydrogens is 368 g/mol. The Morgan fingerprint density at radius 3 is 2.58 bits per heavy atom. The highest BCUT2D eigenvalue weighted by atomic mass is 35.5. The largest absolute Gasteiger partial charge is 0.338 e. The fraction of sp³-hybridized carbons (Fsp3) is 0.368. The molecule has 0 saturated heterocycles. The number of halogens is 1. The van der Waals surface area contributed by atoms with Crippen molar-refractivity contribution >= 4 is 34.1 Å². The van der Waals surface area contributed by atoms with Crippen LogP contribution in [0.5, 0.6) is 0 Å². The van der Waals surface area contributed by atoms with Gasteiger partial charge in [-0.15, -0.1) is 6.58 Å². The molecule has 2 N–H and O–H groups in total. The summed E-state index contributed by atoms with van der Waals surface area (Å²) in [6, 6.07) is 5.49. The van der Waals surface area contributed by atoms with Crippen molar-refractivity contribution in [3.05, 3.63) is 59.5 Å². The highest BCUT2D eigenvalue weighted by molar-refractivity contribution is 7.84. The molecule has 0 saturated carbocycles. The Labute approximate surface area is 162 Å². The third-order valence-electron chi connectivity index (χ3n) is 3.65. The number of nitrogens with one attached hydrogen (secondary N) is 2. The molecule has 2 aromatic heterocycles. The van der Waals surface area contributed by atoms with E-state index in [1.807, 2.05) is 45.9 Å². The lowest BCUT2D eigenvalue weighted by Gasteiger charge is -2.24. The van der Waals surface area contributed by atoms with Crippen LogP contribution in [0, 0.1) is 6.92 Å². The predicted octanol–water partition coefficient (Wildman–Crippen LogP) is 4.85. The van der Waals surface area contributed by atoms with Crippen LogP contribution in [0.25, 0.3) is 0 Å². The molecule has 0 aromatic carbocycles. The quantitative estimate of drug-likeness (QED) is 0.661. The summed E-state index contributed by atoms with van der Waals surface area (Å²) in [5, 5.41) is 3.64. The second-order valence-corrected chi connectivity index (χ2v) is 9.39. The molecule has 0 bridgehead atoms. The van der Waals surface area contributed by atoms with Gasteiger partial charge in [-0.05, 0) is 57.9 Å². The molecule has 2 heterocycles. The monoisotopic (exact) mass is 392 g/mol. The van der Waals surface area contributed by atoms with Crippen molar-refractivity contribution in [3.63, 3.8) is 0 Å². The standard InChI is InChI=1S/C19H25ClN4OS/c1-6-7-17(24-26(25)19(3,4)5)14-10-16(20)18(22-11-14)23-15-9-8-13(2)21-12-15/h6,8-12,17,24H,1,7H2,2-5H3,(H,22,23)/t17-,26-/m1/s1. The second-order valence-electron chi connectivity index (χ2n) is 6.99. The summed E-state index contributed by atoms with van der Waals surface area (Å²) in [6.07, 6.45) is 5.87. The fourth-order valence-electron chi connectivity index (χ4n) is 2.14. The minimum atomic E-state index is -1.21. The van der Waals surface area contributed by atoms with Crippen molar-refractivity contribution in [2.45, 2.75) is 44.9 Å². The molecular formula is C19H25ClN4OS. The molecule has 0 unspecified atom stereocenters. The van der Waals surface area contributed by atoms with Crippen LogP contribution in [0.15, 0.2) is 43.2 Å². The van der Waals surface area contributed by atoms with Gasteiger partial charge in [-0.25, -0.2) is 13.9 Å². The van der Waals surface area contributed by atoms with E-state index in [9.17, 15) is 4.21 Å². The number of hydrogen-bond donors (Lipinski definition) is 2. The summed E-state index contributed by atoms with van der Waals surface area (Å²) < 4.78 is 15.2. The molecule has 0 radical (unpaired) electrons. The molecule has 0 aliphatic rings. The topological polar surface area (TPSA) is 66.9 Å². The van der Waals surface area contributed by atoms with Crippen LogP contribution in [0.3, 0.4) is 0 Å². The van der Waals surface area contributed by atoms with Crippen LogP contribution in [0.4, 0.5) is 11.5 Å². The van der Waals surface area contributed by atoms with Gasteiger partial charge in [-0.1, -0.05) is 17.7 Å². The van der Waals surface area contributed by atoms with E-state index >= 15 is 0 Å². The molecule has 0 amide bonds. The Balaban J connectivity index is 2.20. The first kappa shape index (κ1) is 20.6. The third-order valence-corrected chi connectivity index (χ3v) is 5.55. The van der Waals surface area contributed by atoms with Crippen molar-refractivity contribution in [1.82, 2.24) is 14.7 Å². The molecule has 0 aliphatic heterocycles. The number of pyridine rings is 2. The first-order valence-corrected chi connectivity index (χ1v) is 9.87. The maximum Gasteiger partial charge on any atom is 0.149 e. The zero-order chi connectivity index (χ0) is 19.3. The van der Waals surface area contributed by atoms with Crippen LogP contribution < -0.4 is 10.0 Å². The van der Waals surface area contributed by atoms with Gasteiger partial charge in [0.15, 0.2) is 0 Å². The Morgan fingerprint density at radius 1 is 1.31 bits per heavy atom. The van der Waals surface area contributed by atoms with Crippen LogP contribution in [-0.4, -0.2) is 18.9 Å². The SMILES string of the molecule is C=CC[C@@H](N[S@](=O)C(C)(C)C)c1cnc(Nc2ccc(C)nc2)c(Cl)c1. The number of rotatable bonds is 7. The van der Waals surface area contributed by atoms with Gasteiger partial charge in [0.1, 0.15) is 5.82 Å². The van der Waals surface area contributed by atoms with E-state index in [-0.39, 0.29) is 10.8 Å².